The molecular formula is C21H28N2O5. The molecule has 1 aromatic heterocycles. The van der Waals surface area contributed by atoms with Gasteiger partial charge in [0, 0.05) is 11.8 Å². The highest BCUT2D eigenvalue weighted by Gasteiger charge is 2.06. The summed E-state index contributed by atoms with van der Waals surface area (Å²) in [5.74, 6) is 0.108. The van der Waals surface area contributed by atoms with Crippen LogP contribution in [0.15, 0.2) is 36.5 Å². The van der Waals surface area contributed by atoms with Crippen molar-refractivity contribution < 1.29 is 23.7 Å². The van der Waals surface area contributed by atoms with Gasteiger partial charge in [0.25, 0.3) is 0 Å². The Morgan fingerprint density at radius 3 is 2.50 bits per heavy atom. The molecule has 28 heavy (non-hydrogen) atoms. The van der Waals surface area contributed by atoms with E-state index >= 15 is 0 Å². The van der Waals surface area contributed by atoms with Gasteiger partial charge in [0.05, 0.1) is 45.6 Å². The molecule has 0 saturated carbocycles. The lowest BCUT2D eigenvalue weighted by Crippen LogP contribution is -2.13. The summed E-state index contributed by atoms with van der Waals surface area (Å²) in [7, 11) is 1.35. The molecule has 2 rings (SSSR count). The molecule has 0 atom stereocenters. The van der Waals surface area contributed by atoms with E-state index in [1.807, 2.05) is 18.2 Å². The average Bonchev–Trinajstić information content (AvgIpc) is 2.73. The van der Waals surface area contributed by atoms with E-state index in [9.17, 15) is 4.79 Å². The molecule has 2 aromatic rings. The third-order valence-electron chi connectivity index (χ3n) is 4.06. The number of nitrogens with two attached hydrogens (primary N) is 1. The summed E-state index contributed by atoms with van der Waals surface area (Å²) in [5, 5.41) is 0. The lowest BCUT2D eigenvalue weighted by atomic mass is 10.0. The largest absolute Gasteiger partial charge is 0.474 e. The van der Waals surface area contributed by atoms with Gasteiger partial charge in [0.15, 0.2) is 0 Å². The van der Waals surface area contributed by atoms with Crippen LogP contribution in [0, 0.1) is 0 Å². The van der Waals surface area contributed by atoms with Crippen LogP contribution in [-0.2, 0) is 25.4 Å². The lowest BCUT2D eigenvalue weighted by molar-refractivity contribution is -0.141. The molecule has 0 bridgehead atoms. The minimum Gasteiger partial charge on any atom is -0.474 e. The highest BCUT2D eigenvalue weighted by molar-refractivity contribution is 5.69. The number of esters is 1. The molecule has 0 aliphatic heterocycles. The summed E-state index contributed by atoms with van der Waals surface area (Å²) in [6.45, 7) is 3.99. The second-order valence-electron chi connectivity index (χ2n) is 6.07. The van der Waals surface area contributed by atoms with Crippen LogP contribution in [0.1, 0.15) is 18.9 Å². The monoisotopic (exact) mass is 388 g/mol. The zero-order valence-electron chi connectivity index (χ0n) is 16.5. The van der Waals surface area contributed by atoms with Crippen molar-refractivity contribution in [3.63, 3.8) is 0 Å². The number of aromatic nitrogens is 1. The fraction of sp³-hybridized carbons (Fsp3) is 0.429. The first kappa shape index (κ1) is 21.7. The lowest BCUT2D eigenvalue weighted by Gasteiger charge is -2.10. The van der Waals surface area contributed by atoms with Gasteiger partial charge in [-0.3, -0.25) is 4.79 Å². The van der Waals surface area contributed by atoms with Crippen molar-refractivity contribution in [3.05, 3.63) is 42.1 Å². The standard InChI is InChI=1S/C21H28N2O5/c1-3-16-5-4-6-17(13-16)18-14-19(22)21(23-15-18)28-12-11-27-10-9-26-8-7-20(24)25-2/h4-6,13-15H,3,7-12,22H2,1-2H3. The van der Waals surface area contributed by atoms with Gasteiger partial charge < -0.3 is 24.7 Å². The van der Waals surface area contributed by atoms with Crippen LogP contribution in [0.4, 0.5) is 5.69 Å². The maximum atomic E-state index is 10.9. The second kappa shape index (κ2) is 11.9. The van der Waals surface area contributed by atoms with E-state index in [4.69, 9.17) is 19.9 Å². The first-order chi connectivity index (χ1) is 13.6. The molecular weight excluding hydrogens is 360 g/mol. The van der Waals surface area contributed by atoms with E-state index in [1.54, 1.807) is 6.20 Å². The number of methoxy groups -OCH3 is 1. The number of anilines is 1. The zero-order valence-corrected chi connectivity index (χ0v) is 16.5. The van der Waals surface area contributed by atoms with Gasteiger partial charge in [-0.25, -0.2) is 4.98 Å². The molecule has 0 radical (unpaired) electrons. The number of aryl methyl sites for hydroxylation is 1. The summed E-state index contributed by atoms with van der Waals surface area (Å²) in [4.78, 5) is 15.2. The van der Waals surface area contributed by atoms with Crippen molar-refractivity contribution in [2.45, 2.75) is 19.8 Å². The molecule has 7 heteroatoms. The Morgan fingerprint density at radius 2 is 1.79 bits per heavy atom. The molecule has 0 aliphatic carbocycles. The maximum absolute atomic E-state index is 10.9. The first-order valence-corrected chi connectivity index (χ1v) is 9.34. The molecule has 0 saturated heterocycles. The number of hydrogen-bond donors (Lipinski definition) is 1. The molecule has 0 amide bonds. The Labute approximate surface area is 165 Å². The van der Waals surface area contributed by atoms with Crippen LogP contribution in [0.25, 0.3) is 11.1 Å². The smallest absolute Gasteiger partial charge is 0.307 e. The van der Waals surface area contributed by atoms with Gasteiger partial charge >= 0.3 is 5.97 Å². The van der Waals surface area contributed by atoms with Gasteiger partial charge in [0.2, 0.25) is 5.88 Å². The van der Waals surface area contributed by atoms with Crippen LogP contribution in [-0.4, -0.2) is 51.1 Å². The Hall–Kier alpha value is -2.64. The fourth-order valence-corrected chi connectivity index (χ4v) is 2.50. The predicted octanol–water partition coefficient (Wildman–Crippen LogP) is 2.87. The Bertz CT molecular complexity index is 751. The summed E-state index contributed by atoms with van der Waals surface area (Å²) < 4.78 is 20.8. The molecule has 152 valence electrons. The summed E-state index contributed by atoms with van der Waals surface area (Å²) in [6.07, 6.45) is 2.98. The number of hydrogen-bond acceptors (Lipinski definition) is 7. The van der Waals surface area contributed by atoms with Gasteiger partial charge in [-0.05, 0) is 23.6 Å². The molecule has 0 spiro atoms. The normalized spacial score (nSPS) is 10.6. The molecule has 7 nitrogen and oxygen atoms in total. The summed E-state index contributed by atoms with van der Waals surface area (Å²) in [6, 6.07) is 10.2. The highest BCUT2D eigenvalue weighted by Crippen LogP contribution is 2.26. The number of nitrogen functional groups attached to an aromatic ring is 1. The van der Waals surface area contributed by atoms with Crippen molar-refractivity contribution >= 4 is 11.7 Å². The van der Waals surface area contributed by atoms with E-state index in [0.29, 0.717) is 44.6 Å². The highest BCUT2D eigenvalue weighted by atomic mass is 16.5. The van der Waals surface area contributed by atoms with Crippen LogP contribution in [0.5, 0.6) is 5.88 Å². The molecule has 2 N–H and O–H groups in total. The number of ether oxygens (including phenoxy) is 4. The van der Waals surface area contributed by atoms with Crippen LogP contribution in [0.2, 0.25) is 0 Å². The van der Waals surface area contributed by atoms with Crippen LogP contribution < -0.4 is 10.5 Å². The van der Waals surface area contributed by atoms with Crippen LogP contribution >= 0.6 is 0 Å². The molecule has 1 aromatic carbocycles. The molecule has 0 unspecified atom stereocenters. The van der Waals surface area contributed by atoms with Gasteiger partial charge in [-0.1, -0.05) is 31.2 Å². The number of benzene rings is 1. The van der Waals surface area contributed by atoms with Crippen molar-refractivity contribution in [2.75, 3.05) is 45.9 Å². The second-order valence-corrected chi connectivity index (χ2v) is 6.07. The van der Waals surface area contributed by atoms with E-state index in [2.05, 4.69) is 28.8 Å². The first-order valence-electron chi connectivity index (χ1n) is 9.34. The van der Waals surface area contributed by atoms with Crippen molar-refractivity contribution in [1.29, 1.82) is 0 Å². The SMILES string of the molecule is CCc1cccc(-c2cnc(OCCOCCOCCC(=O)OC)c(N)c2)c1. The minimum atomic E-state index is -0.288. The van der Waals surface area contributed by atoms with Crippen molar-refractivity contribution in [2.24, 2.45) is 0 Å². The quantitative estimate of drug-likeness (QED) is 0.441. The summed E-state index contributed by atoms with van der Waals surface area (Å²) >= 11 is 0. The minimum absolute atomic E-state index is 0.239. The number of pyridine rings is 1. The Morgan fingerprint density at radius 1 is 1.04 bits per heavy atom. The number of rotatable bonds is 12. The number of carbonyl (C=O) groups excluding carboxylic acids is 1. The van der Waals surface area contributed by atoms with Crippen molar-refractivity contribution in [3.8, 4) is 17.0 Å². The number of nitrogens with zero attached hydrogens (tertiary/aromatic N) is 1. The molecule has 1 heterocycles. The van der Waals surface area contributed by atoms with E-state index in [1.165, 1.54) is 12.7 Å². The summed E-state index contributed by atoms with van der Waals surface area (Å²) in [5.41, 5.74) is 9.88. The number of carbonyl (C=O) groups is 1. The molecule has 0 fully saturated rings. The van der Waals surface area contributed by atoms with Gasteiger partial charge in [0.1, 0.15) is 6.61 Å². The van der Waals surface area contributed by atoms with Gasteiger partial charge in [-0.15, -0.1) is 0 Å². The predicted molar refractivity (Wildman–Crippen MR) is 107 cm³/mol. The van der Waals surface area contributed by atoms with E-state index in [0.717, 1.165) is 17.5 Å². The van der Waals surface area contributed by atoms with Crippen LogP contribution in [0.3, 0.4) is 0 Å². The van der Waals surface area contributed by atoms with E-state index in [-0.39, 0.29) is 12.4 Å². The fourth-order valence-electron chi connectivity index (χ4n) is 2.50. The van der Waals surface area contributed by atoms with Gasteiger partial charge in [-0.2, -0.15) is 0 Å². The van der Waals surface area contributed by atoms with E-state index < -0.39 is 0 Å². The average molecular weight is 388 g/mol. The Kier molecular flexibility index (Phi) is 9.24. The third-order valence-corrected chi connectivity index (χ3v) is 4.06. The zero-order chi connectivity index (χ0) is 20.2. The third kappa shape index (κ3) is 7.17. The van der Waals surface area contributed by atoms with Crippen molar-refractivity contribution in [1.82, 2.24) is 4.98 Å². The Balaban J connectivity index is 1.68. The maximum Gasteiger partial charge on any atom is 0.307 e. The molecule has 0 aliphatic rings. The topological polar surface area (TPSA) is 92.9 Å².